The molecule has 1 amide bonds. The molecule has 0 unspecified atom stereocenters. The first kappa shape index (κ1) is 19.2. The summed E-state index contributed by atoms with van der Waals surface area (Å²) in [5, 5.41) is 6.14. The second-order valence-corrected chi connectivity index (χ2v) is 6.33. The lowest BCUT2D eigenvalue weighted by atomic mass is 10.1. The van der Waals surface area contributed by atoms with Gasteiger partial charge in [0.2, 0.25) is 0 Å². The van der Waals surface area contributed by atoms with E-state index in [1.807, 2.05) is 44.2 Å². The number of pyridine rings is 1. The third-order valence-corrected chi connectivity index (χ3v) is 4.53. The Labute approximate surface area is 164 Å². The Kier molecular flexibility index (Phi) is 5.79. The smallest absolute Gasteiger partial charge is 0.255 e. The Morgan fingerprint density at radius 3 is 2.50 bits per heavy atom. The van der Waals surface area contributed by atoms with Gasteiger partial charge in [0, 0.05) is 29.2 Å². The summed E-state index contributed by atoms with van der Waals surface area (Å²) >= 11 is 0. The molecule has 0 atom stereocenters. The van der Waals surface area contributed by atoms with E-state index in [1.54, 1.807) is 38.6 Å². The van der Waals surface area contributed by atoms with E-state index < -0.39 is 0 Å². The number of anilines is 3. The third kappa shape index (κ3) is 4.23. The molecule has 0 saturated carbocycles. The third-order valence-electron chi connectivity index (χ3n) is 4.53. The van der Waals surface area contributed by atoms with Crippen molar-refractivity contribution in [2.24, 2.45) is 0 Å². The predicted octanol–water partition coefficient (Wildman–Crippen LogP) is 4.71. The van der Waals surface area contributed by atoms with Gasteiger partial charge in [-0.2, -0.15) is 0 Å². The van der Waals surface area contributed by atoms with E-state index in [0.29, 0.717) is 22.9 Å². The molecule has 0 fully saturated rings. The normalized spacial score (nSPS) is 10.3. The van der Waals surface area contributed by atoms with Crippen LogP contribution >= 0.6 is 0 Å². The predicted molar refractivity (Wildman–Crippen MR) is 111 cm³/mol. The SMILES string of the molecule is COc1ccc(Nc2cc(C(=O)Nc3cccc(C)c3C)ccn2)cc1OC. The number of nitrogens with zero attached hydrogens (tertiary/aromatic N) is 1. The maximum Gasteiger partial charge on any atom is 0.255 e. The Bertz CT molecular complexity index is 1000. The molecule has 0 radical (unpaired) electrons. The van der Waals surface area contributed by atoms with Gasteiger partial charge in [0.15, 0.2) is 11.5 Å². The highest BCUT2D eigenvalue weighted by molar-refractivity contribution is 6.05. The van der Waals surface area contributed by atoms with Crippen molar-refractivity contribution < 1.29 is 14.3 Å². The molecule has 0 spiro atoms. The van der Waals surface area contributed by atoms with E-state index in [-0.39, 0.29) is 5.91 Å². The van der Waals surface area contributed by atoms with Gasteiger partial charge in [0.1, 0.15) is 5.82 Å². The Balaban J connectivity index is 1.78. The number of methoxy groups -OCH3 is 2. The van der Waals surface area contributed by atoms with Gasteiger partial charge in [0.05, 0.1) is 14.2 Å². The zero-order valence-electron chi connectivity index (χ0n) is 16.4. The lowest BCUT2D eigenvalue weighted by Gasteiger charge is -2.12. The fourth-order valence-electron chi connectivity index (χ4n) is 2.78. The number of aromatic nitrogens is 1. The number of nitrogens with one attached hydrogen (secondary N) is 2. The van der Waals surface area contributed by atoms with Gasteiger partial charge >= 0.3 is 0 Å². The number of hydrogen-bond acceptors (Lipinski definition) is 5. The van der Waals surface area contributed by atoms with Crippen molar-refractivity contribution in [3.05, 3.63) is 71.4 Å². The summed E-state index contributed by atoms with van der Waals surface area (Å²) in [5.74, 6) is 1.62. The minimum Gasteiger partial charge on any atom is -0.493 e. The van der Waals surface area contributed by atoms with Gasteiger partial charge in [-0.15, -0.1) is 0 Å². The van der Waals surface area contributed by atoms with Gasteiger partial charge in [-0.1, -0.05) is 12.1 Å². The maximum absolute atomic E-state index is 12.7. The summed E-state index contributed by atoms with van der Waals surface area (Å²) in [4.78, 5) is 17.0. The molecule has 2 N–H and O–H groups in total. The van der Waals surface area contributed by atoms with Crippen LogP contribution in [0.1, 0.15) is 21.5 Å². The number of carbonyl (C=O) groups is 1. The van der Waals surface area contributed by atoms with Crippen molar-refractivity contribution in [3.8, 4) is 11.5 Å². The molecule has 1 aromatic heterocycles. The largest absolute Gasteiger partial charge is 0.493 e. The van der Waals surface area contributed by atoms with Crippen molar-refractivity contribution in [3.63, 3.8) is 0 Å². The van der Waals surface area contributed by atoms with Gasteiger partial charge in [0.25, 0.3) is 5.91 Å². The lowest BCUT2D eigenvalue weighted by molar-refractivity contribution is 0.102. The van der Waals surface area contributed by atoms with Crippen LogP contribution in [0.15, 0.2) is 54.7 Å². The van der Waals surface area contributed by atoms with Gasteiger partial charge in [-0.25, -0.2) is 4.98 Å². The highest BCUT2D eigenvalue weighted by Gasteiger charge is 2.11. The second kappa shape index (κ2) is 8.43. The minimum absolute atomic E-state index is 0.188. The first-order valence-electron chi connectivity index (χ1n) is 8.84. The number of rotatable bonds is 6. The van der Waals surface area contributed by atoms with Gasteiger partial charge in [-0.3, -0.25) is 4.79 Å². The Morgan fingerprint density at radius 1 is 0.964 bits per heavy atom. The molecule has 3 rings (SSSR count). The number of ether oxygens (including phenoxy) is 2. The van der Waals surface area contributed by atoms with Crippen molar-refractivity contribution >= 4 is 23.1 Å². The molecular formula is C22H23N3O3. The molecule has 144 valence electrons. The average molecular weight is 377 g/mol. The first-order chi connectivity index (χ1) is 13.5. The van der Waals surface area contributed by atoms with Crippen LogP contribution in [0.3, 0.4) is 0 Å². The van der Waals surface area contributed by atoms with Crippen molar-refractivity contribution in [2.45, 2.75) is 13.8 Å². The highest BCUT2D eigenvalue weighted by atomic mass is 16.5. The fourth-order valence-corrected chi connectivity index (χ4v) is 2.78. The van der Waals surface area contributed by atoms with E-state index in [2.05, 4.69) is 15.6 Å². The number of benzene rings is 2. The molecule has 6 heteroatoms. The summed E-state index contributed by atoms with van der Waals surface area (Å²) in [5.41, 5.74) is 4.27. The molecule has 0 aliphatic rings. The molecule has 0 saturated heterocycles. The highest BCUT2D eigenvalue weighted by Crippen LogP contribution is 2.31. The summed E-state index contributed by atoms with van der Waals surface area (Å²) in [7, 11) is 3.17. The van der Waals surface area contributed by atoms with E-state index in [1.165, 1.54) is 0 Å². The number of amides is 1. The quantitative estimate of drug-likeness (QED) is 0.651. The monoisotopic (exact) mass is 377 g/mol. The lowest BCUT2D eigenvalue weighted by Crippen LogP contribution is -2.13. The molecule has 6 nitrogen and oxygen atoms in total. The Morgan fingerprint density at radius 2 is 1.75 bits per heavy atom. The molecule has 0 bridgehead atoms. The van der Waals surface area contributed by atoms with E-state index in [0.717, 1.165) is 22.5 Å². The Hall–Kier alpha value is -3.54. The molecule has 2 aromatic carbocycles. The van der Waals surface area contributed by atoms with Crippen molar-refractivity contribution in [1.82, 2.24) is 4.98 Å². The van der Waals surface area contributed by atoms with Gasteiger partial charge in [-0.05, 0) is 55.3 Å². The van der Waals surface area contributed by atoms with Crippen LogP contribution in [0.5, 0.6) is 11.5 Å². The summed E-state index contributed by atoms with van der Waals surface area (Å²) in [6.45, 7) is 4.00. The van der Waals surface area contributed by atoms with Crippen LogP contribution in [0.2, 0.25) is 0 Å². The van der Waals surface area contributed by atoms with E-state index >= 15 is 0 Å². The van der Waals surface area contributed by atoms with Crippen LogP contribution in [-0.2, 0) is 0 Å². The van der Waals surface area contributed by atoms with Crippen LogP contribution in [0.25, 0.3) is 0 Å². The number of carbonyl (C=O) groups excluding carboxylic acids is 1. The van der Waals surface area contributed by atoms with Crippen LogP contribution in [-0.4, -0.2) is 25.1 Å². The molecular weight excluding hydrogens is 354 g/mol. The van der Waals surface area contributed by atoms with Crippen molar-refractivity contribution in [1.29, 1.82) is 0 Å². The molecule has 28 heavy (non-hydrogen) atoms. The first-order valence-corrected chi connectivity index (χ1v) is 8.84. The molecule has 0 aliphatic carbocycles. The van der Waals surface area contributed by atoms with E-state index in [4.69, 9.17) is 9.47 Å². The summed E-state index contributed by atoms with van der Waals surface area (Å²) in [6.07, 6.45) is 1.60. The van der Waals surface area contributed by atoms with Crippen molar-refractivity contribution in [2.75, 3.05) is 24.9 Å². The number of aryl methyl sites for hydroxylation is 1. The summed E-state index contributed by atoms with van der Waals surface area (Å²) < 4.78 is 10.6. The molecule has 1 heterocycles. The molecule has 0 aliphatic heterocycles. The minimum atomic E-state index is -0.188. The topological polar surface area (TPSA) is 72.5 Å². The zero-order chi connectivity index (χ0) is 20.1. The maximum atomic E-state index is 12.7. The van der Waals surface area contributed by atoms with Crippen LogP contribution in [0, 0.1) is 13.8 Å². The second-order valence-electron chi connectivity index (χ2n) is 6.33. The molecule has 3 aromatic rings. The van der Waals surface area contributed by atoms with Crippen LogP contribution < -0.4 is 20.1 Å². The zero-order valence-corrected chi connectivity index (χ0v) is 16.4. The average Bonchev–Trinajstić information content (AvgIpc) is 2.71. The van der Waals surface area contributed by atoms with E-state index in [9.17, 15) is 4.79 Å². The van der Waals surface area contributed by atoms with Crippen LogP contribution in [0.4, 0.5) is 17.2 Å². The van der Waals surface area contributed by atoms with Gasteiger partial charge < -0.3 is 20.1 Å². The standard InChI is InChI=1S/C22H23N3O3/c1-14-6-5-7-18(15(14)2)25-22(26)16-10-11-23-21(12-16)24-17-8-9-19(27-3)20(13-17)28-4/h5-13H,1-4H3,(H,23,24)(H,25,26). The fraction of sp³-hybridized carbons (Fsp3) is 0.182. The summed E-state index contributed by atoms with van der Waals surface area (Å²) in [6, 6.07) is 14.7. The number of hydrogen-bond donors (Lipinski definition) is 2.